The van der Waals surface area contributed by atoms with Crippen LogP contribution >= 0.6 is 0 Å². The molecule has 6 heteroatoms. The van der Waals surface area contributed by atoms with Gasteiger partial charge in [-0.2, -0.15) is 10.5 Å². The van der Waals surface area contributed by atoms with Crippen molar-refractivity contribution in [2.75, 3.05) is 5.32 Å². The lowest BCUT2D eigenvalue weighted by molar-refractivity contribution is 0.102. The molecule has 3 rings (SSSR count). The van der Waals surface area contributed by atoms with Crippen molar-refractivity contribution in [3.63, 3.8) is 0 Å². The van der Waals surface area contributed by atoms with Gasteiger partial charge in [0.25, 0.3) is 0 Å². The molecular weight excluding hydrogens is 314 g/mol. The number of rotatable bonds is 4. The van der Waals surface area contributed by atoms with Gasteiger partial charge in [0.2, 0.25) is 11.6 Å². The summed E-state index contributed by atoms with van der Waals surface area (Å²) < 4.78 is 0. The summed E-state index contributed by atoms with van der Waals surface area (Å²) in [5.74, 6) is 0.202. The van der Waals surface area contributed by atoms with E-state index in [0.717, 1.165) is 5.69 Å². The summed E-state index contributed by atoms with van der Waals surface area (Å²) in [6.07, 6.45) is 1.50. The van der Waals surface area contributed by atoms with Crippen LogP contribution in [0, 0.1) is 22.7 Å². The van der Waals surface area contributed by atoms with Crippen molar-refractivity contribution in [3.8, 4) is 12.1 Å². The van der Waals surface area contributed by atoms with Crippen LogP contribution in [0.5, 0.6) is 0 Å². The number of nitrogens with zero attached hydrogens (tertiary/aromatic N) is 4. The van der Waals surface area contributed by atoms with Crippen LogP contribution in [-0.2, 0) is 0 Å². The molecule has 1 heterocycles. The van der Waals surface area contributed by atoms with Crippen molar-refractivity contribution < 1.29 is 4.79 Å². The van der Waals surface area contributed by atoms with Crippen LogP contribution < -0.4 is 5.32 Å². The van der Waals surface area contributed by atoms with E-state index in [2.05, 4.69) is 21.4 Å². The van der Waals surface area contributed by atoms with Crippen LogP contribution in [0.1, 0.15) is 27.3 Å². The predicted octanol–water partition coefficient (Wildman–Crippen LogP) is 3.19. The Morgan fingerprint density at radius 3 is 2.08 bits per heavy atom. The third kappa shape index (κ3) is 3.66. The fourth-order valence-electron chi connectivity index (χ4n) is 2.14. The highest BCUT2D eigenvalue weighted by molar-refractivity contribution is 6.06. The summed E-state index contributed by atoms with van der Waals surface area (Å²) in [7, 11) is 0. The highest BCUT2D eigenvalue weighted by Gasteiger charge is 2.13. The van der Waals surface area contributed by atoms with Crippen molar-refractivity contribution in [1.29, 1.82) is 10.5 Å². The quantitative estimate of drug-likeness (QED) is 0.739. The highest BCUT2D eigenvalue weighted by Crippen LogP contribution is 2.16. The van der Waals surface area contributed by atoms with Crippen LogP contribution in [0.25, 0.3) is 0 Å². The second kappa shape index (κ2) is 7.03. The third-order valence-corrected chi connectivity index (χ3v) is 3.42. The zero-order valence-electron chi connectivity index (χ0n) is 13.0. The summed E-state index contributed by atoms with van der Waals surface area (Å²) in [6, 6.07) is 18.9. The van der Waals surface area contributed by atoms with Gasteiger partial charge >= 0.3 is 0 Å². The van der Waals surface area contributed by atoms with Gasteiger partial charge in [0.15, 0.2) is 0 Å². The Kier molecular flexibility index (Phi) is 4.46. The van der Waals surface area contributed by atoms with Crippen molar-refractivity contribution in [2.45, 2.75) is 0 Å². The van der Waals surface area contributed by atoms with Gasteiger partial charge in [-0.05, 0) is 54.6 Å². The third-order valence-electron chi connectivity index (χ3n) is 3.42. The largest absolute Gasteiger partial charge is 0.340 e. The first-order chi connectivity index (χ1) is 12.2. The minimum absolute atomic E-state index is 0.0587. The van der Waals surface area contributed by atoms with Crippen LogP contribution in [0.2, 0.25) is 0 Å². The smallest absolute Gasteiger partial charge is 0.230 e. The van der Waals surface area contributed by atoms with Crippen molar-refractivity contribution in [2.24, 2.45) is 0 Å². The lowest BCUT2D eigenvalue weighted by atomic mass is 10.1. The fraction of sp³-hybridized carbons (Fsp3) is 0. The number of carbonyl (C=O) groups excluding carboxylic acids is 1. The van der Waals surface area contributed by atoms with Gasteiger partial charge in [0, 0.05) is 17.4 Å². The normalized spacial score (nSPS) is 9.68. The van der Waals surface area contributed by atoms with Crippen LogP contribution in [0.4, 0.5) is 11.5 Å². The minimum atomic E-state index is -0.326. The zero-order valence-corrected chi connectivity index (χ0v) is 13.0. The van der Waals surface area contributed by atoms with E-state index in [1.165, 1.54) is 6.20 Å². The Morgan fingerprint density at radius 2 is 1.48 bits per heavy atom. The number of nitriles is 2. The number of ketones is 1. The molecular formula is C19H11N5O. The van der Waals surface area contributed by atoms with E-state index < -0.39 is 0 Å². The number of carbonyl (C=O) groups is 1. The first-order valence-electron chi connectivity index (χ1n) is 7.35. The Labute approximate surface area is 144 Å². The molecule has 0 radical (unpaired) electrons. The zero-order chi connectivity index (χ0) is 17.6. The first-order valence-corrected chi connectivity index (χ1v) is 7.35. The molecule has 1 N–H and O–H groups in total. The van der Waals surface area contributed by atoms with E-state index in [4.69, 9.17) is 10.5 Å². The molecule has 0 bridgehead atoms. The minimum Gasteiger partial charge on any atom is -0.340 e. The molecule has 118 valence electrons. The molecule has 0 saturated heterocycles. The lowest BCUT2D eigenvalue weighted by Crippen LogP contribution is -2.08. The molecule has 2 aromatic carbocycles. The second-order valence-corrected chi connectivity index (χ2v) is 5.10. The lowest BCUT2D eigenvalue weighted by Gasteiger charge is -2.07. The molecule has 3 aromatic rings. The van der Waals surface area contributed by atoms with E-state index in [9.17, 15) is 4.79 Å². The maximum atomic E-state index is 12.5. The monoisotopic (exact) mass is 325 g/mol. The molecule has 0 aliphatic heterocycles. The van der Waals surface area contributed by atoms with E-state index in [-0.39, 0.29) is 11.6 Å². The molecule has 0 fully saturated rings. The van der Waals surface area contributed by atoms with Gasteiger partial charge in [-0.3, -0.25) is 4.79 Å². The molecule has 6 nitrogen and oxygen atoms in total. The van der Waals surface area contributed by atoms with Crippen LogP contribution in [0.3, 0.4) is 0 Å². The summed E-state index contributed by atoms with van der Waals surface area (Å²) in [5, 5.41) is 20.7. The predicted molar refractivity (Wildman–Crippen MR) is 91.1 cm³/mol. The number of hydrogen-bond acceptors (Lipinski definition) is 6. The van der Waals surface area contributed by atoms with Gasteiger partial charge in [-0.25, -0.2) is 9.97 Å². The number of anilines is 2. The second-order valence-electron chi connectivity index (χ2n) is 5.10. The number of aromatic nitrogens is 2. The van der Waals surface area contributed by atoms with Gasteiger partial charge in [0.1, 0.15) is 5.82 Å². The summed E-state index contributed by atoms with van der Waals surface area (Å²) in [5.41, 5.74) is 2.20. The average Bonchev–Trinajstić information content (AvgIpc) is 2.68. The molecule has 0 amide bonds. The standard InChI is InChI=1S/C19H11N5O/c20-11-13-1-5-15(6-2-13)18(25)19-22-10-9-17(24-19)23-16-7-3-14(12-21)4-8-16/h1-10H,(H,22,23,24). The molecule has 0 aliphatic rings. The molecule has 0 spiro atoms. The van der Waals surface area contributed by atoms with Gasteiger partial charge in [-0.15, -0.1) is 0 Å². The Balaban J connectivity index is 1.81. The number of hydrogen-bond donors (Lipinski definition) is 1. The maximum absolute atomic E-state index is 12.5. The fourth-order valence-corrected chi connectivity index (χ4v) is 2.14. The molecule has 1 aromatic heterocycles. The summed E-state index contributed by atoms with van der Waals surface area (Å²) in [6.45, 7) is 0. The molecule has 0 atom stereocenters. The molecule has 25 heavy (non-hydrogen) atoms. The van der Waals surface area contributed by atoms with E-state index in [1.807, 2.05) is 6.07 Å². The molecule has 0 aliphatic carbocycles. The molecule has 0 saturated carbocycles. The van der Waals surface area contributed by atoms with E-state index >= 15 is 0 Å². The van der Waals surface area contributed by atoms with Crippen molar-refractivity contribution in [3.05, 3.63) is 83.3 Å². The summed E-state index contributed by atoms with van der Waals surface area (Å²) >= 11 is 0. The maximum Gasteiger partial charge on any atom is 0.230 e. The van der Waals surface area contributed by atoms with E-state index in [1.54, 1.807) is 54.6 Å². The van der Waals surface area contributed by atoms with Crippen molar-refractivity contribution >= 4 is 17.3 Å². The highest BCUT2D eigenvalue weighted by atomic mass is 16.1. The van der Waals surface area contributed by atoms with Crippen LogP contribution in [0.15, 0.2) is 60.8 Å². The molecule has 0 unspecified atom stereocenters. The first kappa shape index (κ1) is 15.9. The topological polar surface area (TPSA) is 102 Å². The Morgan fingerprint density at radius 1 is 0.880 bits per heavy atom. The van der Waals surface area contributed by atoms with Gasteiger partial charge < -0.3 is 5.32 Å². The van der Waals surface area contributed by atoms with Crippen LogP contribution in [-0.4, -0.2) is 15.8 Å². The number of nitrogens with one attached hydrogen (secondary N) is 1. The number of benzene rings is 2. The Hall–Kier alpha value is -4.03. The Bertz CT molecular complexity index is 996. The van der Waals surface area contributed by atoms with Gasteiger partial charge in [-0.1, -0.05) is 0 Å². The summed E-state index contributed by atoms with van der Waals surface area (Å²) in [4.78, 5) is 20.7. The average molecular weight is 325 g/mol. The van der Waals surface area contributed by atoms with Gasteiger partial charge in [0.05, 0.1) is 23.3 Å². The SMILES string of the molecule is N#Cc1ccc(Nc2ccnc(C(=O)c3ccc(C#N)cc3)n2)cc1. The van der Waals surface area contributed by atoms with Crippen molar-refractivity contribution in [1.82, 2.24) is 9.97 Å². The van der Waals surface area contributed by atoms with E-state index in [0.29, 0.717) is 22.5 Å².